The lowest BCUT2D eigenvalue weighted by Gasteiger charge is -2.04. The lowest BCUT2D eigenvalue weighted by molar-refractivity contribution is 0.922. The monoisotopic (exact) mass is 532 g/mol. The summed E-state index contributed by atoms with van der Waals surface area (Å²) in [5.74, 6) is 13.3. The van der Waals surface area contributed by atoms with E-state index in [-0.39, 0.29) is 0 Å². The molecule has 0 aliphatic heterocycles. The number of hydrogen-bond donors (Lipinski definition) is 0. The van der Waals surface area contributed by atoms with E-state index in [1.165, 1.54) is 51.1 Å². The maximum Gasteiger partial charge on any atom is 0.0255 e. The molecule has 41 heavy (non-hydrogen) atoms. The minimum atomic E-state index is 1.03. The predicted octanol–water partition coefficient (Wildman–Crippen LogP) is 10.7. The molecule has 0 saturated heterocycles. The number of allylic oxidation sites excluding steroid dienone is 2. The SMILES string of the molecule is C/C=C(\C)CC.CCCc1ccc(C#Cc2ccc3cc4cc(C#Cc5ccc(CC)cc5)ccc4cc3c2)cc1. The van der Waals surface area contributed by atoms with Crippen molar-refractivity contribution in [1.29, 1.82) is 0 Å². The molecule has 0 heteroatoms. The molecule has 0 aliphatic rings. The minimum Gasteiger partial charge on any atom is -0.0887 e. The van der Waals surface area contributed by atoms with Crippen molar-refractivity contribution < 1.29 is 0 Å². The van der Waals surface area contributed by atoms with Gasteiger partial charge in [0, 0.05) is 22.3 Å². The average Bonchev–Trinajstić information content (AvgIpc) is 3.02. The van der Waals surface area contributed by atoms with E-state index in [2.05, 4.69) is 161 Å². The highest BCUT2D eigenvalue weighted by atomic mass is 14.0. The van der Waals surface area contributed by atoms with Gasteiger partial charge < -0.3 is 0 Å². The number of fused-ring (bicyclic) bond motifs is 2. The molecule has 0 unspecified atom stereocenters. The third kappa shape index (κ3) is 8.48. The second-order valence-corrected chi connectivity index (χ2v) is 10.5. The fraction of sp³-hybridized carbons (Fsp3) is 0.220. The molecule has 0 aromatic heterocycles. The van der Waals surface area contributed by atoms with E-state index in [9.17, 15) is 0 Å². The standard InChI is InChI=1S/C35H28.C6H12/c1-3-5-27-10-12-29(13-11-27)15-17-31-19-21-33-24-34-22-30(18-20-32(34)25-35(33)23-31)16-14-28-8-6-26(4-2)7-9-28;1-4-6(3)5-2/h6-13,18-25H,3-5H2,1-2H3;4H,5H2,1-3H3/b;6-4+. The van der Waals surface area contributed by atoms with Crippen molar-refractivity contribution >= 4 is 21.5 Å². The lowest BCUT2D eigenvalue weighted by atomic mass is 10.00. The van der Waals surface area contributed by atoms with Crippen molar-refractivity contribution in [3.63, 3.8) is 0 Å². The normalized spacial score (nSPS) is 10.7. The first-order valence-electron chi connectivity index (χ1n) is 14.8. The third-order valence-corrected chi connectivity index (χ3v) is 7.40. The quantitative estimate of drug-likeness (QED) is 0.123. The average molecular weight is 533 g/mol. The van der Waals surface area contributed by atoms with E-state index in [4.69, 9.17) is 0 Å². The highest BCUT2D eigenvalue weighted by molar-refractivity contribution is 5.99. The second-order valence-electron chi connectivity index (χ2n) is 10.5. The number of hydrogen-bond acceptors (Lipinski definition) is 0. The van der Waals surface area contributed by atoms with E-state index in [0.717, 1.165) is 35.1 Å². The summed E-state index contributed by atoms with van der Waals surface area (Å²) in [6, 6.07) is 34.5. The summed E-state index contributed by atoms with van der Waals surface area (Å²) < 4.78 is 0. The maximum absolute atomic E-state index is 3.33. The molecular weight excluding hydrogens is 492 g/mol. The molecule has 0 heterocycles. The highest BCUT2D eigenvalue weighted by Gasteiger charge is 2.01. The van der Waals surface area contributed by atoms with Crippen molar-refractivity contribution in [3.05, 3.63) is 142 Å². The molecule has 0 spiro atoms. The maximum atomic E-state index is 3.33. The summed E-state index contributed by atoms with van der Waals surface area (Å²) in [7, 11) is 0. The van der Waals surface area contributed by atoms with Gasteiger partial charge in [0.25, 0.3) is 0 Å². The lowest BCUT2D eigenvalue weighted by Crippen LogP contribution is -1.83. The van der Waals surface area contributed by atoms with Gasteiger partial charge in [-0.1, -0.05) is 98.9 Å². The van der Waals surface area contributed by atoms with Gasteiger partial charge in [0.15, 0.2) is 0 Å². The van der Waals surface area contributed by atoms with Gasteiger partial charge in [-0.3, -0.25) is 0 Å². The van der Waals surface area contributed by atoms with Gasteiger partial charge in [-0.05, 0) is 126 Å². The zero-order chi connectivity index (χ0) is 29.0. The van der Waals surface area contributed by atoms with E-state index in [1.54, 1.807) is 0 Å². The Hall–Kier alpha value is -4.52. The van der Waals surface area contributed by atoms with Gasteiger partial charge in [-0.15, -0.1) is 0 Å². The summed E-state index contributed by atoms with van der Waals surface area (Å²) in [6.07, 6.45) is 6.66. The molecule has 0 atom stereocenters. The van der Waals surface area contributed by atoms with Crippen LogP contribution in [-0.2, 0) is 12.8 Å². The topological polar surface area (TPSA) is 0 Å². The first-order valence-corrected chi connectivity index (χ1v) is 14.8. The van der Waals surface area contributed by atoms with Gasteiger partial charge in [0.2, 0.25) is 0 Å². The van der Waals surface area contributed by atoms with Crippen LogP contribution in [-0.4, -0.2) is 0 Å². The molecule has 0 saturated carbocycles. The molecule has 0 radical (unpaired) electrons. The van der Waals surface area contributed by atoms with Crippen LogP contribution in [0.3, 0.4) is 0 Å². The minimum absolute atomic E-state index is 1.03. The number of aryl methyl sites for hydroxylation is 2. The van der Waals surface area contributed by atoms with Crippen LogP contribution >= 0.6 is 0 Å². The van der Waals surface area contributed by atoms with Gasteiger partial charge in [0.05, 0.1) is 0 Å². The fourth-order valence-corrected chi connectivity index (χ4v) is 4.51. The Balaban J connectivity index is 0.000000585. The van der Waals surface area contributed by atoms with Gasteiger partial charge in [0.1, 0.15) is 0 Å². The molecular formula is C41H40. The molecule has 204 valence electrons. The van der Waals surface area contributed by atoms with E-state index < -0.39 is 0 Å². The number of benzene rings is 5. The van der Waals surface area contributed by atoms with Crippen molar-refractivity contribution in [3.8, 4) is 23.7 Å². The Morgan fingerprint density at radius 1 is 0.537 bits per heavy atom. The first kappa shape index (κ1) is 29.5. The Kier molecular flexibility index (Phi) is 10.6. The van der Waals surface area contributed by atoms with Crippen molar-refractivity contribution in [2.24, 2.45) is 0 Å². The zero-order valence-electron chi connectivity index (χ0n) is 25.1. The van der Waals surface area contributed by atoms with Crippen LogP contribution in [0.5, 0.6) is 0 Å². The molecule has 0 bridgehead atoms. The van der Waals surface area contributed by atoms with Crippen molar-refractivity contribution in [2.45, 2.75) is 60.3 Å². The summed E-state index contributed by atoms with van der Waals surface area (Å²) in [6.45, 7) is 10.7. The van der Waals surface area contributed by atoms with E-state index in [0.29, 0.717) is 0 Å². The first-order chi connectivity index (χ1) is 20.0. The Bertz CT molecular complexity index is 1760. The summed E-state index contributed by atoms with van der Waals surface area (Å²) in [5.41, 5.74) is 8.34. The molecule has 5 aromatic rings. The summed E-state index contributed by atoms with van der Waals surface area (Å²) in [4.78, 5) is 0. The smallest absolute Gasteiger partial charge is 0.0255 e. The van der Waals surface area contributed by atoms with Crippen LogP contribution in [0.1, 0.15) is 80.8 Å². The van der Waals surface area contributed by atoms with Gasteiger partial charge in [-0.25, -0.2) is 0 Å². The molecule has 0 nitrogen and oxygen atoms in total. The summed E-state index contributed by atoms with van der Waals surface area (Å²) in [5, 5.41) is 4.84. The van der Waals surface area contributed by atoms with E-state index >= 15 is 0 Å². The Labute approximate surface area is 247 Å². The predicted molar refractivity (Wildman–Crippen MR) is 179 cm³/mol. The Morgan fingerprint density at radius 3 is 1.37 bits per heavy atom. The van der Waals surface area contributed by atoms with Gasteiger partial charge in [-0.2, -0.15) is 0 Å². The fourth-order valence-electron chi connectivity index (χ4n) is 4.51. The van der Waals surface area contributed by atoms with Crippen LogP contribution in [0.2, 0.25) is 0 Å². The molecule has 0 amide bonds. The Morgan fingerprint density at radius 2 is 0.976 bits per heavy atom. The van der Waals surface area contributed by atoms with Crippen LogP contribution < -0.4 is 0 Å². The van der Waals surface area contributed by atoms with Crippen LogP contribution in [0.25, 0.3) is 21.5 Å². The van der Waals surface area contributed by atoms with Crippen LogP contribution in [0.15, 0.2) is 109 Å². The number of rotatable bonds is 4. The largest absolute Gasteiger partial charge is 0.0887 e. The van der Waals surface area contributed by atoms with Crippen molar-refractivity contribution in [1.82, 2.24) is 0 Å². The van der Waals surface area contributed by atoms with Gasteiger partial charge >= 0.3 is 0 Å². The molecule has 0 N–H and O–H groups in total. The van der Waals surface area contributed by atoms with E-state index in [1.807, 2.05) is 0 Å². The van der Waals surface area contributed by atoms with Crippen LogP contribution in [0.4, 0.5) is 0 Å². The molecule has 0 fully saturated rings. The summed E-state index contributed by atoms with van der Waals surface area (Å²) >= 11 is 0. The molecule has 0 aliphatic carbocycles. The zero-order valence-corrected chi connectivity index (χ0v) is 25.1. The molecule has 5 aromatic carbocycles. The molecule has 5 rings (SSSR count). The highest BCUT2D eigenvalue weighted by Crippen LogP contribution is 2.25. The van der Waals surface area contributed by atoms with Crippen LogP contribution in [0, 0.1) is 23.7 Å². The van der Waals surface area contributed by atoms with Crippen molar-refractivity contribution in [2.75, 3.05) is 0 Å². The second kappa shape index (κ2) is 14.7. The third-order valence-electron chi connectivity index (χ3n) is 7.40.